The van der Waals surface area contributed by atoms with Crippen molar-refractivity contribution in [3.63, 3.8) is 0 Å². The smallest absolute Gasteiger partial charge is 0.351 e. The number of urea groups is 1. The third-order valence-corrected chi connectivity index (χ3v) is 5.27. The SMILES string of the molecule is NCCNC(=O)c1cccc(-c2ccn3c(-c4cccc(NC(=O)NCC(F)(F)F)c4)cnc3c2)c1. The van der Waals surface area contributed by atoms with E-state index in [1.54, 1.807) is 54.0 Å². The number of anilines is 1. The van der Waals surface area contributed by atoms with Gasteiger partial charge in [-0.05, 0) is 47.5 Å². The predicted octanol–water partition coefficient (Wildman–Crippen LogP) is 4.04. The molecule has 2 aromatic carbocycles. The van der Waals surface area contributed by atoms with Gasteiger partial charge in [-0.2, -0.15) is 13.2 Å². The summed E-state index contributed by atoms with van der Waals surface area (Å²) in [4.78, 5) is 28.5. The van der Waals surface area contributed by atoms with Gasteiger partial charge in [0.1, 0.15) is 12.2 Å². The van der Waals surface area contributed by atoms with Crippen LogP contribution in [0, 0.1) is 0 Å². The van der Waals surface area contributed by atoms with E-state index in [9.17, 15) is 22.8 Å². The van der Waals surface area contributed by atoms with Gasteiger partial charge in [0.15, 0.2) is 0 Å². The number of pyridine rings is 1. The van der Waals surface area contributed by atoms with Crippen LogP contribution in [0.4, 0.5) is 23.7 Å². The van der Waals surface area contributed by atoms with Crippen LogP contribution < -0.4 is 21.7 Å². The largest absolute Gasteiger partial charge is 0.405 e. The van der Waals surface area contributed by atoms with Crippen LogP contribution in [0.2, 0.25) is 0 Å². The lowest BCUT2D eigenvalue weighted by atomic mass is 10.0. The van der Waals surface area contributed by atoms with Crippen molar-refractivity contribution in [2.24, 2.45) is 5.73 Å². The molecule has 0 saturated heterocycles. The van der Waals surface area contributed by atoms with Gasteiger partial charge in [0, 0.05) is 36.1 Å². The van der Waals surface area contributed by atoms with Crippen LogP contribution in [0.15, 0.2) is 73.1 Å². The first-order chi connectivity index (χ1) is 17.2. The van der Waals surface area contributed by atoms with Crippen molar-refractivity contribution in [3.05, 3.63) is 78.6 Å². The van der Waals surface area contributed by atoms with E-state index in [-0.39, 0.29) is 5.91 Å². The first kappa shape index (κ1) is 24.7. The maximum Gasteiger partial charge on any atom is 0.405 e. The van der Waals surface area contributed by atoms with E-state index in [4.69, 9.17) is 5.73 Å². The zero-order valence-corrected chi connectivity index (χ0v) is 19.0. The number of aromatic nitrogens is 2. The number of alkyl halides is 3. The topological polar surface area (TPSA) is 114 Å². The highest BCUT2D eigenvalue weighted by atomic mass is 19.4. The monoisotopic (exact) mass is 496 g/mol. The van der Waals surface area contributed by atoms with Crippen LogP contribution in [-0.4, -0.2) is 47.1 Å². The normalized spacial score (nSPS) is 11.3. The average Bonchev–Trinajstić information content (AvgIpc) is 3.29. The molecule has 4 aromatic rings. The number of carbonyl (C=O) groups is 2. The van der Waals surface area contributed by atoms with Crippen molar-refractivity contribution in [3.8, 4) is 22.4 Å². The molecule has 4 rings (SSSR count). The summed E-state index contributed by atoms with van der Waals surface area (Å²) < 4.78 is 38.8. The number of rotatable bonds is 7. The van der Waals surface area contributed by atoms with E-state index >= 15 is 0 Å². The predicted molar refractivity (Wildman–Crippen MR) is 131 cm³/mol. The molecule has 0 aliphatic rings. The lowest BCUT2D eigenvalue weighted by molar-refractivity contribution is -0.122. The molecule has 0 bridgehead atoms. The summed E-state index contributed by atoms with van der Waals surface area (Å²) in [6, 6.07) is 16.8. The number of fused-ring (bicyclic) bond motifs is 1. The quantitative estimate of drug-likeness (QED) is 0.309. The van der Waals surface area contributed by atoms with Gasteiger partial charge in [-0.15, -0.1) is 0 Å². The fourth-order valence-electron chi connectivity index (χ4n) is 3.61. The Morgan fingerprint density at radius 3 is 2.47 bits per heavy atom. The molecule has 3 amide bonds. The zero-order valence-electron chi connectivity index (χ0n) is 19.0. The Balaban J connectivity index is 1.55. The standard InChI is InChI=1S/C25H23F3N6O2/c26-25(27,28)15-32-24(36)33-20-6-2-4-18(12-20)21-14-31-22-13-17(7-10-34(21)22)16-3-1-5-19(11-16)23(35)30-9-8-29/h1-7,10-14H,8-9,15,29H2,(H,30,35)(H2,32,33,36). The molecule has 0 aliphatic carbocycles. The minimum absolute atomic E-state index is 0.202. The highest BCUT2D eigenvalue weighted by Gasteiger charge is 2.27. The number of nitrogens with two attached hydrogens (primary N) is 1. The van der Waals surface area contributed by atoms with Crippen molar-refractivity contribution in [1.29, 1.82) is 0 Å². The highest BCUT2D eigenvalue weighted by Crippen LogP contribution is 2.27. The van der Waals surface area contributed by atoms with Gasteiger partial charge in [0.2, 0.25) is 0 Å². The molecule has 2 heterocycles. The first-order valence-electron chi connectivity index (χ1n) is 11.0. The molecule has 0 saturated carbocycles. The molecule has 0 aliphatic heterocycles. The van der Waals surface area contributed by atoms with Crippen molar-refractivity contribution in [2.45, 2.75) is 6.18 Å². The van der Waals surface area contributed by atoms with Crippen LogP contribution in [0.5, 0.6) is 0 Å². The summed E-state index contributed by atoms with van der Waals surface area (Å²) in [6.07, 6.45) is -0.990. The van der Waals surface area contributed by atoms with E-state index in [1.807, 2.05) is 28.8 Å². The maximum absolute atomic E-state index is 12.3. The number of carbonyl (C=O) groups excluding carboxylic acids is 2. The van der Waals surface area contributed by atoms with Crippen LogP contribution in [0.3, 0.4) is 0 Å². The molecular formula is C25H23F3N6O2. The molecule has 186 valence electrons. The van der Waals surface area contributed by atoms with Crippen molar-refractivity contribution >= 4 is 23.3 Å². The number of hydrogen-bond acceptors (Lipinski definition) is 4. The molecule has 0 spiro atoms. The second-order valence-electron chi connectivity index (χ2n) is 7.92. The van der Waals surface area contributed by atoms with Gasteiger partial charge in [-0.1, -0.05) is 24.3 Å². The number of imidazole rings is 1. The van der Waals surface area contributed by atoms with Crippen LogP contribution >= 0.6 is 0 Å². The van der Waals surface area contributed by atoms with E-state index in [2.05, 4.69) is 15.6 Å². The van der Waals surface area contributed by atoms with E-state index in [0.29, 0.717) is 35.6 Å². The molecule has 0 atom stereocenters. The lowest BCUT2D eigenvalue weighted by Gasteiger charge is -2.11. The van der Waals surface area contributed by atoms with Crippen LogP contribution in [-0.2, 0) is 0 Å². The summed E-state index contributed by atoms with van der Waals surface area (Å²) in [5.41, 5.74) is 10.1. The fraction of sp³-hybridized carbons (Fsp3) is 0.160. The number of nitrogens with one attached hydrogen (secondary N) is 3. The van der Waals surface area contributed by atoms with Crippen molar-refractivity contribution in [2.75, 3.05) is 25.0 Å². The Morgan fingerprint density at radius 2 is 1.69 bits per heavy atom. The summed E-state index contributed by atoms with van der Waals surface area (Å²) in [5, 5.41) is 6.93. The van der Waals surface area contributed by atoms with Gasteiger partial charge < -0.3 is 21.7 Å². The molecule has 36 heavy (non-hydrogen) atoms. The third kappa shape index (κ3) is 5.99. The molecule has 0 unspecified atom stereocenters. The summed E-state index contributed by atoms with van der Waals surface area (Å²) in [5.74, 6) is -0.202. The number of benzene rings is 2. The number of halogens is 3. The van der Waals surface area contributed by atoms with Crippen LogP contribution in [0.1, 0.15) is 10.4 Å². The summed E-state index contributed by atoms with van der Waals surface area (Å²) in [6.45, 7) is -0.676. The van der Waals surface area contributed by atoms with E-state index in [1.165, 1.54) is 0 Å². The Labute approximate surface area is 204 Å². The zero-order chi connectivity index (χ0) is 25.7. The van der Waals surface area contributed by atoms with E-state index in [0.717, 1.165) is 16.8 Å². The van der Waals surface area contributed by atoms with Crippen molar-refractivity contribution in [1.82, 2.24) is 20.0 Å². The van der Waals surface area contributed by atoms with Gasteiger partial charge in [-0.3, -0.25) is 9.20 Å². The molecular weight excluding hydrogens is 473 g/mol. The van der Waals surface area contributed by atoms with Gasteiger partial charge in [0.25, 0.3) is 5.91 Å². The lowest BCUT2D eigenvalue weighted by Crippen LogP contribution is -2.36. The highest BCUT2D eigenvalue weighted by molar-refractivity contribution is 5.95. The Kier molecular flexibility index (Phi) is 7.20. The fourth-order valence-corrected chi connectivity index (χ4v) is 3.61. The van der Waals surface area contributed by atoms with Crippen LogP contribution in [0.25, 0.3) is 28.0 Å². The second kappa shape index (κ2) is 10.5. The van der Waals surface area contributed by atoms with Gasteiger partial charge in [-0.25, -0.2) is 9.78 Å². The molecule has 5 N–H and O–H groups in total. The molecule has 8 nitrogen and oxygen atoms in total. The van der Waals surface area contributed by atoms with Crippen molar-refractivity contribution < 1.29 is 22.8 Å². The number of nitrogens with zero attached hydrogens (tertiary/aromatic N) is 2. The molecule has 0 radical (unpaired) electrons. The number of amides is 3. The van der Waals surface area contributed by atoms with Gasteiger partial charge in [0.05, 0.1) is 11.9 Å². The minimum Gasteiger partial charge on any atom is -0.351 e. The molecule has 11 heteroatoms. The summed E-state index contributed by atoms with van der Waals surface area (Å²) in [7, 11) is 0. The average molecular weight is 496 g/mol. The molecule has 0 fully saturated rings. The Hall–Kier alpha value is -4.38. The number of hydrogen-bond donors (Lipinski definition) is 4. The first-order valence-corrected chi connectivity index (χ1v) is 11.0. The third-order valence-electron chi connectivity index (χ3n) is 5.27. The summed E-state index contributed by atoms with van der Waals surface area (Å²) >= 11 is 0. The second-order valence-corrected chi connectivity index (χ2v) is 7.92. The Bertz CT molecular complexity index is 1400. The Morgan fingerprint density at radius 1 is 0.944 bits per heavy atom. The minimum atomic E-state index is -4.49. The molecule has 2 aromatic heterocycles. The van der Waals surface area contributed by atoms with Gasteiger partial charge >= 0.3 is 12.2 Å². The maximum atomic E-state index is 12.3. The van der Waals surface area contributed by atoms with E-state index < -0.39 is 18.8 Å².